The van der Waals surface area contributed by atoms with Crippen LogP contribution in [0.25, 0.3) is 0 Å². The van der Waals surface area contributed by atoms with Crippen LogP contribution in [-0.2, 0) is 9.53 Å². The van der Waals surface area contributed by atoms with Crippen LogP contribution in [0.5, 0.6) is 0 Å². The second kappa shape index (κ2) is 8.63. The van der Waals surface area contributed by atoms with Gasteiger partial charge in [-0.2, -0.15) is 0 Å². The normalized spacial score (nSPS) is 23.0. The highest BCUT2D eigenvalue weighted by Gasteiger charge is 2.40. The standard InChI is InChI=1S/C23H27FN4O3/c1-4-19-13(2)22(27-21-8-6-16(24)10-25-21)18-9-15(23(30)26-17-11-31-12-17)5-7-20(18)28(19)14(3)29/h5-10,13,17,19,22H,4,11-12H2,1-3H3,(H,25,27)(H,26,30)/t13-,19-,22+/m0/s1. The van der Waals surface area contributed by atoms with Crippen molar-refractivity contribution < 1.29 is 18.7 Å². The van der Waals surface area contributed by atoms with Gasteiger partial charge in [0.2, 0.25) is 5.91 Å². The predicted molar refractivity (Wildman–Crippen MR) is 115 cm³/mol. The lowest BCUT2D eigenvalue weighted by Gasteiger charge is -2.45. The number of hydrogen-bond donors (Lipinski definition) is 2. The van der Waals surface area contributed by atoms with Gasteiger partial charge in [-0.05, 0) is 42.3 Å². The van der Waals surface area contributed by atoms with Gasteiger partial charge in [0, 0.05) is 30.1 Å². The second-order valence-electron chi connectivity index (χ2n) is 8.19. The number of aromatic nitrogens is 1. The van der Waals surface area contributed by atoms with Crippen LogP contribution in [0, 0.1) is 11.7 Å². The number of pyridine rings is 1. The highest BCUT2D eigenvalue weighted by Crippen LogP contribution is 2.43. The summed E-state index contributed by atoms with van der Waals surface area (Å²) in [6.45, 7) is 6.73. The molecule has 3 atom stereocenters. The van der Waals surface area contributed by atoms with Gasteiger partial charge in [0.15, 0.2) is 0 Å². The molecule has 7 nitrogen and oxygen atoms in total. The van der Waals surface area contributed by atoms with E-state index in [4.69, 9.17) is 4.74 Å². The zero-order valence-electron chi connectivity index (χ0n) is 17.9. The third kappa shape index (κ3) is 4.12. The molecule has 0 aliphatic carbocycles. The van der Waals surface area contributed by atoms with Crippen LogP contribution in [-0.4, -0.2) is 42.1 Å². The van der Waals surface area contributed by atoms with Crippen molar-refractivity contribution in [2.75, 3.05) is 23.4 Å². The summed E-state index contributed by atoms with van der Waals surface area (Å²) in [5.74, 6) is -0.0457. The van der Waals surface area contributed by atoms with Crippen molar-refractivity contribution in [2.45, 2.75) is 45.3 Å². The SMILES string of the molecule is CC[C@H]1[C@H](C)[C@@H](Nc2ccc(F)cn2)c2cc(C(=O)NC3COC3)ccc2N1C(C)=O. The third-order valence-electron chi connectivity index (χ3n) is 6.11. The molecule has 0 spiro atoms. The number of halogens is 1. The van der Waals surface area contributed by atoms with E-state index in [1.807, 2.05) is 17.0 Å². The van der Waals surface area contributed by atoms with Crippen LogP contribution in [0.1, 0.15) is 49.2 Å². The summed E-state index contributed by atoms with van der Waals surface area (Å²) in [4.78, 5) is 31.2. The number of carbonyl (C=O) groups is 2. The van der Waals surface area contributed by atoms with E-state index in [9.17, 15) is 14.0 Å². The van der Waals surface area contributed by atoms with E-state index >= 15 is 0 Å². The number of rotatable bonds is 5. The maximum atomic E-state index is 13.3. The zero-order valence-corrected chi connectivity index (χ0v) is 17.9. The molecule has 2 amide bonds. The maximum Gasteiger partial charge on any atom is 0.251 e. The molecule has 8 heteroatoms. The first-order chi connectivity index (χ1) is 14.9. The summed E-state index contributed by atoms with van der Waals surface area (Å²) in [5, 5.41) is 6.36. The molecule has 1 aromatic heterocycles. The fourth-order valence-corrected chi connectivity index (χ4v) is 4.46. The summed E-state index contributed by atoms with van der Waals surface area (Å²) < 4.78 is 18.5. The predicted octanol–water partition coefficient (Wildman–Crippen LogP) is 3.28. The molecule has 3 heterocycles. The van der Waals surface area contributed by atoms with Crippen LogP contribution in [0.3, 0.4) is 0 Å². The molecule has 4 rings (SSSR count). The average Bonchev–Trinajstić information content (AvgIpc) is 2.72. The Morgan fingerprint density at radius 1 is 1.26 bits per heavy atom. The van der Waals surface area contributed by atoms with Gasteiger partial charge in [0.1, 0.15) is 11.6 Å². The molecule has 0 bridgehead atoms. The van der Waals surface area contributed by atoms with E-state index in [2.05, 4.69) is 29.5 Å². The van der Waals surface area contributed by atoms with E-state index in [1.54, 1.807) is 19.1 Å². The fraction of sp³-hybridized carbons (Fsp3) is 0.435. The first-order valence-electron chi connectivity index (χ1n) is 10.6. The molecule has 2 N–H and O–H groups in total. The molecule has 2 aliphatic heterocycles. The lowest BCUT2D eigenvalue weighted by atomic mass is 9.80. The molecule has 31 heavy (non-hydrogen) atoms. The van der Waals surface area contributed by atoms with Crippen LogP contribution < -0.4 is 15.5 Å². The summed E-state index contributed by atoms with van der Waals surface area (Å²) in [6.07, 6.45) is 1.94. The molecule has 2 aliphatic rings. The van der Waals surface area contributed by atoms with E-state index in [0.717, 1.165) is 17.7 Å². The van der Waals surface area contributed by atoms with E-state index in [1.165, 1.54) is 12.3 Å². The number of carbonyl (C=O) groups excluding carboxylic acids is 2. The number of ether oxygens (including phenoxy) is 1. The van der Waals surface area contributed by atoms with Crippen LogP contribution >= 0.6 is 0 Å². The number of nitrogens with one attached hydrogen (secondary N) is 2. The van der Waals surface area contributed by atoms with Crippen molar-refractivity contribution >= 4 is 23.3 Å². The zero-order chi connectivity index (χ0) is 22.1. The molecule has 1 fully saturated rings. The number of amides is 2. The van der Waals surface area contributed by atoms with Gasteiger partial charge in [-0.3, -0.25) is 9.59 Å². The Kier molecular flexibility index (Phi) is 5.91. The van der Waals surface area contributed by atoms with Gasteiger partial charge in [-0.1, -0.05) is 13.8 Å². The molecule has 0 saturated carbocycles. The monoisotopic (exact) mass is 426 g/mol. The van der Waals surface area contributed by atoms with Crippen LogP contribution in [0.15, 0.2) is 36.5 Å². The Balaban J connectivity index is 1.74. The summed E-state index contributed by atoms with van der Waals surface area (Å²) in [7, 11) is 0. The van der Waals surface area contributed by atoms with Gasteiger partial charge in [0.05, 0.1) is 31.5 Å². The Morgan fingerprint density at radius 2 is 2.03 bits per heavy atom. The van der Waals surface area contributed by atoms with Crippen molar-refractivity contribution in [3.05, 3.63) is 53.5 Å². The molecule has 2 aromatic rings. The number of anilines is 2. The average molecular weight is 426 g/mol. The Bertz CT molecular complexity index is 977. The van der Waals surface area contributed by atoms with Gasteiger partial charge in [-0.25, -0.2) is 9.37 Å². The number of nitrogens with zero attached hydrogens (tertiary/aromatic N) is 2. The quantitative estimate of drug-likeness (QED) is 0.767. The number of benzene rings is 1. The lowest BCUT2D eigenvalue weighted by molar-refractivity contribution is -0.117. The molecule has 164 valence electrons. The van der Waals surface area contributed by atoms with E-state index < -0.39 is 5.82 Å². The van der Waals surface area contributed by atoms with E-state index in [0.29, 0.717) is 24.6 Å². The highest BCUT2D eigenvalue weighted by atomic mass is 19.1. The molecule has 0 radical (unpaired) electrons. The molecule has 0 unspecified atom stereocenters. The molecular formula is C23H27FN4O3. The minimum Gasteiger partial charge on any atom is -0.377 e. The molecule has 1 saturated heterocycles. The van der Waals surface area contributed by atoms with Crippen molar-refractivity contribution in [2.24, 2.45) is 5.92 Å². The summed E-state index contributed by atoms with van der Waals surface area (Å²) in [5.41, 5.74) is 2.15. The second-order valence-corrected chi connectivity index (χ2v) is 8.19. The Labute approximate surface area is 181 Å². The Hall–Kier alpha value is -3.00. The van der Waals surface area contributed by atoms with Crippen molar-refractivity contribution in [1.82, 2.24) is 10.3 Å². The Morgan fingerprint density at radius 3 is 2.61 bits per heavy atom. The number of fused-ring (bicyclic) bond motifs is 1. The van der Waals surface area contributed by atoms with Gasteiger partial charge >= 0.3 is 0 Å². The highest BCUT2D eigenvalue weighted by molar-refractivity contribution is 5.98. The summed E-state index contributed by atoms with van der Waals surface area (Å²) in [6, 6.07) is 8.18. The van der Waals surface area contributed by atoms with Gasteiger partial charge < -0.3 is 20.3 Å². The van der Waals surface area contributed by atoms with Crippen LogP contribution in [0.4, 0.5) is 15.9 Å². The maximum absolute atomic E-state index is 13.3. The third-order valence-corrected chi connectivity index (χ3v) is 6.11. The van der Waals surface area contributed by atoms with Crippen molar-refractivity contribution in [1.29, 1.82) is 0 Å². The fourth-order valence-electron chi connectivity index (χ4n) is 4.46. The minimum atomic E-state index is -0.407. The number of hydrogen-bond acceptors (Lipinski definition) is 5. The lowest BCUT2D eigenvalue weighted by Crippen LogP contribution is -2.50. The van der Waals surface area contributed by atoms with Crippen molar-refractivity contribution in [3.8, 4) is 0 Å². The topological polar surface area (TPSA) is 83.6 Å². The first kappa shape index (κ1) is 21.2. The van der Waals surface area contributed by atoms with Crippen LogP contribution in [0.2, 0.25) is 0 Å². The summed E-state index contributed by atoms with van der Waals surface area (Å²) >= 11 is 0. The van der Waals surface area contributed by atoms with Gasteiger partial charge in [0.25, 0.3) is 5.91 Å². The smallest absolute Gasteiger partial charge is 0.251 e. The minimum absolute atomic E-state index is 0.0187. The van der Waals surface area contributed by atoms with Gasteiger partial charge in [-0.15, -0.1) is 0 Å². The first-order valence-corrected chi connectivity index (χ1v) is 10.6. The molecular weight excluding hydrogens is 399 g/mol. The largest absolute Gasteiger partial charge is 0.377 e. The van der Waals surface area contributed by atoms with E-state index in [-0.39, 0.29) is 35.9 Å². The van der Waals surface area contributed by atoms with Crippen molar-refractivity contribution in [3.63, 3.8) is 0 Å². The molecule has 1 aromatic carbocycles.